The van der Waals surface area contributed by atoms with Crippen molar-refractivity contribution in [2.24, 2.45) is 10.4 Å². The first-order chi connectivity index (χ1) is 18.7. The van der Waals surface area contributed by atoms with Crippen LogP contribution in [0.15, 0.2) is 65.3 Å². The van der Waals surface area contributed by atoms with Gasteiger partial charge in [0.1, 0.15) is 12.2 Å². The summed E-state index contributed by atoms with van der Waals surface area (Å²) in [7, 11) is 0. The molecule has 2 N–H and O–H groups in total. The van der Waals surface area contributed by atoms with E-state index in [4.69, 9.17) is 14.3 Å². The van der Waals surface area contributed by atoms with E-state index in [2.05, 4.69) is 15.6 Å². The van der Waals surface area contributed by atoms with Crippen molar-refractivity contribution < 1.29 is 33.8 Å². The van der Waals surface area contributed by atoms with Gasteiger partial charge in [0.05, 0.1) is 18.4 Å². The molecule has 0 fully saturated rings. The van der Waals surface area contributed by atoms with Crippen LogP contribution < -0.4 is 5.48 Å². The van der Waals surface area contributed by atoms with Crippen molar-refractivity contribution in [3.05, 3.63) is 71.6 Å². The van der Waals surface area contributed by atoms with Gasteiger partial charge in [-0.15, -0.1) is 0 Å². The number of carboxylic acids is 1. The molecule has 3 rings (SSSR count). The molecule has 0 spiro atoms. The standard InChI is InChI=1S/C29H36N4O7/c1-27(2,3)22(24(34)35)23(33-21(13-17-31-33)25(36)40-28(4,5)6)32-39-18-15-29(14-10-16-30-29)26(37)38-19-20-11-8-7-9-12-20/h7-14,16-17,32H,15,18-19H2,1-6H3,(H,34,35). The zero-order chi connectivity index (χ0) is 29.6. The summed E-state index contributed by atoms with van der Waals surface area (Å²) in [6.45, 7) is 10.3. The maximum Gasteiger partial charge on any atom is 0.357 e. The second kappa shape index (κ2) is 12.3. The first kappa shape index (κ1) is 30.3. The maximum absolute atomic E-state index is 13.0. The first-order valence-corrected chi connectivity index (χ1v) is 12.8. The molecule has 1 atom stereocenters. The van der Waals surface area contributed by atoms with E-state index in [1.165, 1.54) is 18.5 Å². The number of carboxylic acid groups (broad SMARTS) is 1. The zero-order valence-corrected chi connectivity index (χ0v) is 23.6. The summed E-state index contributed by atoms with van der Waals surface area (Å²) in [5, 5.41) is 14.3. The molecular weight excluding hydrogens is 516 g/mol. The number of nitrogens with zero attached hydrogens (tertiary/aromatic N) is 3. The Morgan fingerprint density at radius 2 is 1.75 bits per heavy atom. The van der Waals surface area contributed by atoms with Crippen LogP contribution in [0.25, 0.3) is 5.82 Å². The largest absolute Gasteiger partial charge is 0.478 e. The summed E-state index contributed by atoms with van der Waals surface area (Å²) in [6, 6.07) is 10.7. The highest BCUT2D eigenvalue weighted by atomic mass is 16.6. The van der Waals surface area contributed by atoms with Crippen LogP contribution in [-0.2, 0) is 30.5 Å². The number of allylic oxidation sites excluding steroid dienone is 1. The van der Waals surface area contributed by atoms with Crippen LogP contribution in [0.2, 0.25) is 0 Å². The lowest BCUT2D eigenvalue weighted by Gasteiger charge is -2.26. The number of aliphatic imine (C=N–C) groups is 1. The van der Waals surface area contributed by atoms with Gasteiger partial charge in [-0.05, 0) is 50.0 Å². The van der Waals surface area contributed by atoms with E-state index in [0.717, 1.165) is 10.2 Å². The van der Waals surface area contributed by atoms with Gasteiger partial charge in [-0.1, -0.05) is 51.1 Å². The van der Waals surface area contributed by atoms with Gasteiger partial charge in [0, 0.05) is 12.6 Å². The summed E-state index contributed by atoms with van der Waals surface area (Å²) in [6.07, 6.45) is 6.26. The Hall–Kier alpha value is -4.25. The van der Waals surface area contributed by atoms with E-state index in [1.54, 1.807) is 53.7 Å². The quantitative estimate of drug-likeness (QED) is 0.182. The van der Waals surface area contributed by atoms with Crippen LogP contribution in [0, 0.1) is 5.41 Å². The van der Waals surface area contributed by atoms with E-state index < -0.39 is 34.5 Å². The smallest absolute Gasteiger partial charge is 0.357 e. The lowest BCUT2D eigenvalue weighted by Crippen LogP contribution is -2.37. The SMILES string of the molecule is CC(C)(C)OC(=O)c1ccnn1C(NOCCC1(C(=O)OCc2ccccc2)C=CC=N1)=C(C(=O)O)C(C)(C)C. The summed E-state index contributed by atoms with van der Waals surface area (Å²) < 4.78 is 12.1. The highest BCUT2D eigenvalue weighted by Crippen LogP contribution is 2.30. The number of hydrogen-bond donors (Lipinski definition) is 2. The van der Waals surface area contributed by atoms with Crippen LogP contribution in [0.1, 0.15) is 64.0 Å². The Morgan fingerprint density at radius 3 is 2.33 bits per heavy atom. The fourth-order valence-electron chi connectivity index (χ4n) is 3.91. The third kappa shape index (κ3) is 7.66. The van der Waals surface area contributed by atoms with Crippen molar-refractivity contribution in [2.75, 3.05) is 6.61 Å². The summed E-state index contributed by atoms with van der Waals surface area (Å²) in [5.41, 5.74) is 0.489. The Morgan fingerprint density at radius 1 is 1.05 bits per heavy atom. The molecule has 214 valence electrons. The molecule has 0 radical (unpaired) electrons. The minimum Gasteiger partial charge on any atom is -0.478 e. The summed E-state index contributed by atoms with van der Waals surface area (Å²) in [4.78, 5) is 48.2. The Balaban J connectivity index is 1.80. The van der Waals surface area contributed by atoms with Gasteiger partial charge in [0.25, 0.3) is 0 Å². The monoisotopic (exact) mass is 552 g/mol. The van der Waals surface area contributed by atoms with Gasteiger partial charge < -0.3 is 14.6 Å². The molecule has 0 saturated carbocycles. The number of nitrogens with one attached hydrogen (secondary N) is 1. The minimum absolute atomic E-state index is 0.00770. The van der Waals surface area contributed by atoms with E-state index in [9.17, 15) is 19.5 Å². The van der Waals surface area contributed by atoms with Gasteiger partial charge in [-0.2, -0.15) is 5.10 Å². The average Bonchev–Trinajstić information content (AvgIpc) is 3.53. The molecule has 1 aliphatic heterocycles. The molecule has 40 heavy (non-hydrogen) atoms. The van der Waals surface area contributed by atoms with Crippen molar-refractivity contribution in [2.45, 2.75) is 65.7 Å². The molecule has 2 heterocycles. The molecule has 0 saturated heterocycles. The van der Waals surface area contributed by atoms with E-state index in [1.807, 2.05) is 30.3 Å². The van der Waals surface area contributed by atoms with Crippen LogP contribution >= 0.6 is 0 Å². The summed E-state index contributed by atoms with van der Waals surface area (Å²) >= 11 is 0. The fraction of sp³-hybridized carbons (Fsp3) is 0.414. The topological polar surface area (TPSA) is 141 Å². The predicted molar refractivity (Wildman–Crippen MR) is 148 cm³/mol. The lowest BCUT2D eigenvalue weighted by atomic mass is 9.86. The molecule has 0 bridgehead atoms. The van der Waals surface area contributed by atoms with E-state index in [0.29, 0.717) is 0 Å². The number of aliphatic carboxylic acids is 1. The fourth-order valence-corrected chi connectivity index (χ4v) is 3.91. The average molecular weight is 553 g/mol. The normalized spacial score (nSPS) is 17.4. The number of hydroxylamine groups is 1. The predicted octanol–water partition coefficient (Wildman–Crippen LogP) is 4.17. The summed E-state index contributed by atoms with van der Waals surface area (Å²) in [5.74, 6) is -2.53. The molecule has 11 heteroatoms. The first-order valence-electron chi connectivity index (χ1n) is 12.8. The zero-order valence-electron chi connectivity index (χ0n) is 23.6. The third-order valence-electron chi connectivity index (χ3n) is 5.75. The molecule has 1 unspecified atom stereocenters. The van der Waals surface area contributed by atoms with Crippen LogP contribution in [0.3, 0.4) is 0 Å². The molecule has 1 aromatic heterocycles. The van der Waals surface area contributed by atoms with Gasteiger partial charge in [0.2, 0.25) is 0 Å². The Labute approximate surface area is 233 Å². The second-order valence-corrected chi connectivity index (χ2v) is 11.2. The van der Waals surface area contributed by atoms with Crippen molar-refractivity contribution in [3.63, 3.8) is 0 Å². The molecule has 0 amide bonds. The molecular formula is C29H36N4O7. The van der Waals surface area contributed by atoms with Gasteiger partial charge in [0.15, 0.2) is 17.1 Å². The molecule has 11 nitrogen and oxygen atoms in total. The van der Waals surface area contributed by atoms with Crippen molar-refractivity contribution in [1.29, 1.82) is 0 Å². The molecule has 0 aliphatic carbocycles. The number of ether oxygens (including phenoxy) is 2. The number of carbonyl (C=O) groups excluding carboxylic acids is 2. The number of aromatic nitrogens is 2. The molecule has 1 aliphatic rings. The lowest BCUT2D eigenvalue weighted by molar-refractivity contribution is -0.150. The van der Waals surface area contributed by atoms with Crippen molar-refractivity contribution in [1.82, 2.24) is 15.3 Å². The number of rotatable bonds is 11. The number of esters is 2. The van der Waals surface area contributed by atoms with Gasteiger partial charge in [-0.25, -0.2) is 24.5 Å². The maximum atomic E-state index is 13.0. The van der Waals surface area contributed by atoms with Crippen LogP contribution in [0.4, 0.5) is 0 Å². The number of hydrogen-bond acceptors (Lipinski definition) is 9. The van der Waals surface area contributed by atoms with E-state index in [-0.39, 0.29) is 36.7 Å². The Bertz CT molecular complexity index is 1300. The molecule has 1 aromatic carbocycles. The van der Waals surface area contributed by atoms with Crippen LogP contribution in [0.5, 0.6) is 0 Å². The molecule has 2 aromatic rings. The highest BCUT2D eigenvalue weighted by Gasteiger charge is 2.39. The van der Waals surface area contributed by atoms with Gasteiger partial charge in [-0.3, -0.25) is 9.83 Å². The van der Waals surface area contributed by atoms with Crippen LogP contribution in [-0.4, -0.2) is 56.8 Å². The Kier molecular flexibility index (Phi) is 9.31. The highest BCUT2D eigenvalue weighted by molar-refractivity contribution is 5.96. The third-order valence-corrected chi connectivity index (χ3v) is 5.75. The van der Waals surface area contributed by atoms with Crippen molar-refractivity contribution >= 4 is 29.9 Å². The van der Waals surface area contributed by atoms with Crippen molar-refractivity contribution in [3.8, 4) is 0 Å². The number of benzene rings is 1. The number of carbonyl (C=O) groups is 3. The second-order valence-electron chi connectivity index (χ2n) is 11.2. The van der Waals surface area contributed by atoms with Gasteiger partial charge >= 0.3 is 17.9 Å². The van der Waals surface area contributed by atoms with E-state index >= 15 is 0 Å². The minimum atomic E-state index is -1.28.